The van der Waals surface area contributed by atoms with Gasteiger partial charge in [-0.05, 0) is 31.3 Å². The highest BCUT2D eigenvalue weighted by Gasteiger charge is 2.35. The van der Waals surface area contributed by atoms with Gasteiger partial charge in [-0.2, -0.15) is 0 Å². The molecule has 0 aromatic heterocycles. The normalized spacial score (nSPS) is 26.5. The Morgan fingerprint density at radius 1 is 1.62 bits per heavy atom. The second kappa shape index (κ2) is 3.70. The standard InChI is InChI=1S/C10H14ClNO/c11-5-1-3-8-7-10(13)12-6-2-4-9(8)12/h7,9H,1-6H2. The predicted molar refractivity (Wildman–Crippen MR) is 52.8 cm³/mol. The first-order chi connectivity index (χ1) is 6.33. The third kappa shape index (κ3) is 1.60. The number of rotatable bonds is 3. The summed E-state index contributed by atoms with van der Waals surface area (Å²) in [5.74, 6) is 0.908. The lowest BCUT2D eigenvalue weighted by atomic mass is 10.0. The Bertz CT molecular complexity index is 249. The van der Waals surface area contributed by atoms with Crippen LogP contribution in [0.4, 0.5) is 0 Å². The van der Waals surface area contributed by atoms with E-state index in [1.807, 2.05) is 11.0 Å². The van der Waals surface area contributed by atoms with Crippen molar-refractivity contribution in [1.82, 2.24) is 4.90 Å². The van der Waals surface area contributed by atoms with Crippen molar-refractivity contribution in [2.24, 2.45) is 0 Å². The van der Waals surface area contributed by atoms with Crippen LogP contribution in [0.5, 0.6) is 0 Å². The summed E-state index contributed by atoms with van der Waals surface area (Å²) in [7, 11) is 0. The molecular formula is C10H14ClNO. The number of carbonyl (C=O) groups excluding carboxylic acids is 1. The van der Waals surface area contributed by atoms with Crippen molar-refractivity contribution in [1.29, 1.82) is 0 Å². The second-order valence-corrected chi connectivity index (χ2v) is 4.08. The Labute approximate surface area is 83.5 Å². The summed E-state index contributed by atoms with van der Waals surface area (Å²) in [6, 6.07) is 0.427. The summed E-state index contributed by atoms with van der Waals surface area (Å²) in [6.07, 6.45) is 6.12. The van der Waals surface area contributed by atoms with Crippen LogP contribution in [0, 0.1) is 0 Å². The molecule has 0 spiro atoms. The number of alkyl halides is 1. The van der Waals surface area contributed by atoms with Gasteiger partial charge in [0.05, 0.1) is 6.04 Å². The van der Waals surface area contributed by atoms with Gasteiger partial charge in [0, 0.05) is 18.5 Å². The molecule has 0 radical (unpaired) electrons. The molecule has 0 bridgehead atoms. The van der Waals surface area contributed by atoms with Crippen LogP contribution in [0.2, 0.25) is 0 Å². The molecule has 0 aromatic rings. The van der Waals surface area contributed by atoms with E-state index in [0.29, 0.717) is 11.9 Å². The van der Waals surface area contributed by atoms with E-state index < -0.39 is 0 Å². The molecule has 1 fully saturated rings. The van der Waals surface area contributed by atoms with Crippen LogP contribution in [0.15, 0.2) is 11.6 Å². The van der Waals surface area contributed by atoms with Gasteiger partial charge in [0.15, 0.2) is 0 Å². The summed E-state index contributed by atoms with van der Waals surface area (Å²) < 4.78 is 0. The first kappa shape index (κ1) is 9.07. The summed E-state index contributed by atoms with van der Waals surface area (Å²) in [4.78, 5) is 13.4. The smallest absolute Gasteiger partial charge is 0.247 e. The van der Waals surface area contributed by atoms with Crippen LogP contribution in [-0.4, -0.2) is 29.3 Å². The number of amides is 1. The molecule has 0 saturated carbocycles. The van der Waals surface area contributed by atoms with Gasteiger partial charge in [0.1, 0.15) is 0 Å². The number of hydrogen-bond donors (Lipinski definition) is 0. The molecule has 0 aliphatic carbocycles. The Morgan fingerprint density at radius 3 is 3.23 bits per heavy atom. The highest BCUT2D eigenvalue weighted by atomic mass is 35.5. The van der Waals surface area contributed by atoms with E-state index in [9.17, 15) is 4.79 Å². The largest absolute Gasteiger partial charge is 0.332 e. The van der Waals surface area contributed by atoms with Gasteiger partial charge in [-0.3, -0.25) is 4.79 Å². The molecule has 2 aliphatic heterocycles. The minimum Gasteiger partial charge on any atom is -0.332 e. The molecule has 2 rings (SSSR count). The fraction of sp³-hybridized carbons (Fsp3) is 0.700. The number of halogens is 1. The number of nitrogens with zero attached hydrogens (tertiary/aromatic N) is 1. The van der Waals surface area contributed by atoms with Crippen molar-refractivity contribution in [3.63, 3.8) is 0 Å². The Hall–Kier alpha value is -0.500. The fourth-order valence-electron chi connectivity index (χ4n) is 2.26. The van der Waals surface area contributed by atoms with Crippen LogP contribution < -0.4 is 0 Å². The lowest BCUT2D eigenvalue weighted by molar-refractivity contribution is -0.124. The van der Waals surface area contributed by atoms with E-state index in [2.05, 4.69) is 0 Å². The topological polar surface area (TPSA) is 20.3 Å². The van der Waals surface area contributed by atoms with Crippen LogP contribution >= 0.6 is 11.6 Å². The number of carbonyl (C=O) groups is 1. The van der Waals surface area contributed by atoms with Crippen LogP contribution in [0.1, 0.15) is 25.7 Å². The number of hydrogen-bond acceptors (Lipinski definition) is 1. The summed E-state index contributed by atoms with van der Waals surface area (Å²) in [5, 5.41) is 0. The average molecular weight is 200 g/mol. The molecule has 2 heterocycles. The third-order valence-electron chi connectivity index (χ3n) is 2.87. The molecule has 72 valence electrons. The summed E-state index contributed by atoms with van der Waals surface area (Å²) in [6.45, 7) is 0.949. The molecule has 0 N–H and O–H groups in total. The third-order valence-corrected chi connectivity index (χ3v) is 3.14. The van der Waals surface area contributed by atoms with Crippen molar-refractivity contribution >= 4 is 17.5 Å². The molecule has 3 heteroatoms. The van der Waals surface area contributed by atoms with Gasteiger partial charge < -0.3 is 4.90 Å². The van der Waals surface area contributed by atoms with Crippen molar-refractivity contribution in [3.8, 4) is 0 Å². The van der Waals surface area contributed by atoms with E-state index in [-0.39, 0.29) is 5.91 Å². The molecule has 1 atom stereocenters. The molecule has 2 aliphatic rings. The van der Waals surface area contributed by atoms with E-state index in [1.54, 1.807) is 0 Å². The lowest BCUT2D eigenvalue weighted by Gasteiger charge is -2.17. The van der Waals surface area contributed by atoms with E-state index >= 15 is 0 Å². The minimum atomic E-state index is 0.215. The SMILES string of the molecule is O=C1C=C(CCCCl)C2CCCN12. The van der Waals surface area contributed by atoms with Gasteiger partial charge in [0.2, 0.25) is 5.91 Å². The average Bonchev–Trinajstić information content (AvgIpc) is 2.67. The first-order valence-electron chi connectivity index (χ1n) is 4.90. The fourth-order valence-corrected chi connectivity index (χ4v) is 2.40. The van der Waals surface area contributed by atoms with Gasteiger partial charge >= 0.3 is 0 Å². The summed E-state index contributed by atoms with van der Waals surface area (Å²) in [5.41, 5.74) is 1.31. The first-order valence-corrected chi connectivity index (χ1v) is 5.43. The second-order valence-electron chi connectivity index (χ2n) is 3.70. The monoisotopic (exact) mass is 199 g/mol. The van der Waals surface area contributed by atoms with E-state index in [1.165, 1.54) is 5.57 Å². The molecule has 2 nitrogen and oxygen atoms in total. The zero-order valence-corrected chi connectivity index (χ0v) is 8.39. The minimum absolute atomic E-state index is 0.215. The summed E-state index contributed by atoms with van der Waals surface area (Å²) >= 11 is 5.63. The number of fused-ring (bicyclic) bond motifs is 1. The van der Waals surface area contributed by atoms with Crippen LogP contribution in [0.25, 0.3) is 0 Å². The molecule has 13 heavy (non-hydrogen) atoms. The maximum atomic E-state index is 11.4. The molecule has 0 aromatic carbocycles. The Balaban J connectivity index is 2.02. The molecule has 1 unspecified atom stereocenters. The van der Waals surface area contributed by atoms with E-state index in [4.69, 9.17) is 11.6 Å². The van der Waals surface area contributed by atoms with Gasteiger partial charge in [-0.15, -0.1) is 11.6 Å². The zero-order valence-electron chi connectivity index (χ0n) is 7.63. The Kier molecular flexibility index (Phi) is 2.58. The quantitative estimate of drug-likeness (QED) is 0.637. The molecule has 1 amide bonds. The van der Waals surface area contributed by atoms with Crippen molar-refractivity contribution in [2.45, 2.75) is 31.7 Å². The van der Waals surface area contributed by atoms with Crippen molar-refractivity contribution < 1.29 is 4.79 Å². The Morgan fingerprint density at radius 2 is 2.46 bits per heavy atom. The zero-order chi connectivity index (χ0) is 9.26. The van der Waals surface area contributed by atoms with Gasteiger partial charge in [-0.1, -0.05) is 0 Å². The molecule has 1 saturated heterocycles. The van der Waals surface area contributed by atoms with Gasteiger partial charge in [0.25, 0.3) is 0 Å². The highest BCUT2D eigenvalue weighted by Crippen LogP contribution is 2.31. The lowest BCUT2D eigenvalue weighted by Crippen LogP contribution is -2.29. The van der Waals surface area contributed by atoms with Crippen LogP contribution in [0.3, 0.4) is 0 Å². The van der Waals surface area contributed by atoms with E-state index in [0.717, 1.165) is 32.2 Å². The maximum Gasteiger partial charge on any atom is 0.247 e. The predicted octanol–water partition coefficient (Wildman–Crippen LogP) is 1.94. The van der Waals surface area contributed by atoms with Crippen LogP contribution in [-0.2, 0) is 4.79 Å². The highest BCUT2D eigenvalue weighted by molar-refractivity contribution is 6.17. The van der Waals surface area contributed by atoms with Crippen molar-refractivity contribution in [2.75, 3.05) is 12.4 Å². The van der Waals surface area contributed by atoms with Gasteiger partial charge in [-0.25, -0.2) is 0 Å². The molecular weight excluding hydrogens is 186 g/mol. The van der Waals surface area contributed by atoms with Crippen molar-refractivity contribution in [3.05, 3.63) is 11.6 Å². The maximum absolute atomic E-state index is 11.4.